The second-order valence-electron chi connectivity index (χ2n) is 8.45. The van der Waals surface area contributed by atoms with Gasteiger partial charge in [-0.2, -0.15) is 0 Å². The normalized spacial score (nSPS) is 14.9. The fourth-order valence-corrected chi connectivity index (χ4v) is 5.24. The average molecular weight is 475 g/mol. The van der Waals surface area contributed by atoms with E-state index in [1.807, 2.05) is 66.4 Å². The maximum atomic E-state index is 13.5. The van der Waals surface area contributed by atoms with Crippen molar-refractivity contribution >= 4 is 23.2 Å². The molecule has 0 N–H and O–H groups in total. The Kier molecular flexibility index (Phi) is 7.80. The van der Waals surface area contributed by atoms with Crippen LogP contribution in [0.2, 0.25) is 0 Å². The van der Waals surface area contributed by atoms with Crippen LogP contribution in [0.5, 0.6) is 5.75 Å². The quantitative estimate of drug-likeness (QED) is 0.418. The Balaban J connectivity index is 1.49. The minimum absolute atomic E-state index is 0.0258. The van der Waals surface area contributed by atoms with Gasteiger partial charge in [0, 0.05) is 18.0 Å². The Bertz CT molecular complexity index is 1140. The predicted octanol–water partition coefficient (Wildman–Crippen LogP) is 4.82. The van der Waals surface area contributed by atoms with Crippen LogP contribution in [0.4, 0.5) is 0 Å². The highest BCUT2D eigenvalue weighted by Crippen LogP contribution is 2.34. The summed E-state index contributed by atoms with van der Waals surface area (Å²) < 4.78 is 6.18. The summed E-state index contributed by atoms with van der Waals surface area (Å²) in [5, 5.41) is 2.08. The van der Waals surface area contributed by atoms with E-state index < -0.39 is 0 Å². The molecule has 0 bridgehead atoms. The van der Waals surface area contributed by atoms with Crippen LogP contribution >= 0.6 is 11.3 Å². The number of carbonyl (C=O) groups excluding carboxylic acids is 2. The molecule has 0 aliphatic carbocycles. The topological polar surface area (TPSA) is 49.9 Å². The third-order valence-electron chi connectivity index (χ3n) is 6.13. The second-order valence-corrected chi connectivity index (χ2v) is 9.45. The first-order valence-electron chi connectivity index (χ1n) is 11.5. The number of amides is 2. The number of ether oxygens (including phenoxy) is 1. The molecule has 1 aliphatic heterocycles. The lowest BCUT2D eigenvalue weighted by Gasteiger charge is -2.37. The smallest absolute Gasteiger partial charge is 0.242 e. The van der Waals surface area contributed by atoms with Crippen molar-refractivity contribution in [3.8, 4) is 5.75 Å². The van der Waals surface area contributed by atoms with Gasteiger partial charge in [0.25, 0.3) is 0 Å². The van der Waals surface area contributed by atoms with Crippen molar-refractivity contribution in [1.29, 1.82) is 0 Å². The van der Waals surface area contributed by atoms with Gasteiger partial charge in [-0.15, -0.1) is 17.9 Å². The molecule has 34 heavy (non-hydrogen) atoms. The van der Waals surface area contributed by atoms with Gasteiger partial charge in [-0.1, -0.05) is 54.6 Å². The van der Waals surface area contributed by atoms with Crippen LogP contribution in [0.1, 0.15) is 27.6 Å². The highest BCUT2D eigenvalue weighted by molar-refractivity contribution is 7.10. The Morgan fingerprint density at radius 1 is 1.15 bits per heavy atom. The van der Waals surface area contributed by atoms with Crippen LogP contribution in [0.3, 0.4) is 0 Å². The summed E-state index contributed by atoms with van der Waals surface area (Å²) >= 11 is 1.72. The Labute approximate surface area is 205 Å². The number of para-hydroxylation sites is 1. The molecule has 1 aromatic heterocycles. The number of carbonyl (C=O) groups is 2. The average Bonchev–Trinajstić information content (AvgIpc) is 3.33. The van der Waals surface area contributed by atoms with Crippen LogP contribution in [0, 0.1) is 6.92 Å². The molecule has 176 valence electrons. The molecule has 2 amide bonds. The molecule has 0 saturated carbocycles. The lowest BCUT2D eigenvalue weighted by Crippen LogP contribution is -2.48. The van der Waals surface area contributed by atoms with Gasteiger partial charge in [0.05, 0.1) is 12.5 Å². The molecule has 4 rings (SSSR count). The molecule has 1 atom stereocenters. The van der Waals surface area contributed by atoms with Gasteiger partial charge in [0.1, 0.15) is 18.9 Å². The lowest BCUT2D eigenvalue weighted by molar-refractivity contribution is -0.142. The summed E-state index contributed by atoms with van der Waals surface area (Å²) in [5.74, 6) is 0.669. The highest BCUT2D eigenvalue weighted by Gasteiger charge is 2.33. The van der Waals surface area contributed by atoms with Crippen molar-refractivity contribution in [3.63, 3.8) is 0 Å². The second kappa shape index (κ2) is 11.2. The zero-order valence-corrected chi connectivity index (χ0v) is 20.3. The van der Waals surface area contributed by atoms with E-state index in [0.717, 1.165) is 28.9 Å². The van der Waals surface area contributed by atoms with E-state index in [1.54, 1.807) is 22.3 Å². The Hall–Kier alpha value is -3.38. The van der Waals surface area contributed by atoms with Crippen LogP contribution < -0.4 is 4.74 Å². The summed E-state index contributed by atoms with van der Waals surface area (Å²) in [6.07, 6.45) is 2.75. The highest BCUT2D eigenvalue weighted by atomic mass is 32.1. The molecule has 0 unspecified atom stereocenters. The monoisotopic (exact) mass is 474 g/mol. The predicted molar refractivity (Wildman–Crippen MR) is 136 cm³/mol. The van der Waals surface area contributed by atoms with Gasteiger partial charge in [-0.05, 0) is 47.5 Å². The van der Waals surface area contributed by atoms with E-state index in [1.165, 1.54) is 4.88 Å². The van der Waals surface area contributed by atoms with Gasteiger partial charge in [-0.25, -0.2) is 0 Å². The third kappa shape index (κ3) is 5.57. The Morgan fingerprint density at radius 3 is 2.68 bits per heavy atom. The van der Waals surface area contributed by atoms with Gasteiger partial charge < -0.3 is 14.5 Å². The molecule has 0 radical (unpaired) electrons. The summed E-state index contributed by atoms with van der Waals surface area (Å²) in [7, 11) is 0. The maximum Gasteiger partial charge on any atom is 0.242 e. The standard InChI is InChI=1S/C28H30N2O3S/c1-3-15-29(27(31)18-22-10-5-4-6-11-22)19-28(32)30-16-13-26-23(14-17-34-26)24(30)20-33-25-12-8-7-9-21(25)2/h3-12,14,17,24H,1,13,15-16,18-20H2,2H3/t24-/m0/s1. The molecule has 3 aromatic rings. The SMILES string of the molecule is C=CCN(CC(=O)N1CCc2sccc2[C@@H]1COc1ccccc1C)C(=O)Cc1ccccc1. The fourth-order valence-electron chi connectivity index (χ4n) is 4.31. The van der Waals surface area contributed by atoms with Crippen LogP contribution in [-0.2, 0) is 22.4 Å². The van der Waals surface area contributed by atoms with Crippen molar-refractivity contribution in [2.24, 2.45) is 0 Å². The molecule has 0 saturated heterocycles. The van der Waals surface area contributed by atoms with E-state index in [-0.39, 0.29) is 30.8 Å². The molecular formula is C28H30N2O3S. The van der Waals surface area contributed by atoms with E-state index in [9.17, 15) is 9.59 Å². The summed E-state index contributed by atoms with van der Waals surface area (Å²) in [6.45, 7) is 7.14. The van der Waals surface area contributed by atoms with Crippen LogP contribution in [0.15, 0.2) is 78.7 Å². The molecule has 0 spiro atoms. The molecular weight excluding hydrogens is 444 g/mol. The van der Waals surface area contributed by atoms with Crippen LogP contribution in [-0.4, -0.2) is 47.9 Å². The minimum Gasteiger partial charge on any atom is -0.491 e. The zero-order valence-electron chi connectivity index (χ0n) is 19.5. The minimum atomic E-state index is -0.183. The van der Waals surface area contributed by atoms with E-state index >= 15 is 0 Å². The van der Waals surface area contributed by atoms with Gasteiger partial charge in [0.2, 0.25) is 11.8 Å². The number of rotatable bonds is 9. The fraction of sp³-hybridized carbons (Fsp3) is 0.286. The lowest BCUT2D eigenvalue weighted by atomic mass is 10.00. The van der Waals surface area contributed by atoms with Gasteiger partial charge in [0.15, 0.2) is 0 Å². The van der Waals surface area contributed by atoms with Crippen molar-refractivity contribution in [3.05, 3.63) is 100 Å². The van der Waals surface area contributed by atoms with E-state index in [0.29, 0.717) is 19.7 Å². The summed E-state index contributed by atoms with van der Waals surface area (Å²) in [6, 6.07) is 19.4. The molecule has 1 aliphatic rings. The van der Waals surface area contributed by atoms with Gasteiger partial charge in [-0.3, -0.25) is 9.59 Å². The van der Waals surface area contributed by atoms with Crippen molar-refractivity contribution in [2.45, 2.75) is 25.8 Å². The number of aryl methyl sites for hydroxylation is 1. The van der Waals surface area contributed by atoms with Gasteiger partial charge >= 0.3 is 0 Å². The molecule has 5 nitrogen and oxygen atoms in total. The van der Waals surface area contributed by atoms with Crippen molar-refractivity contribution in [2.75, 3.05) is 26.2 Å². The number of hydrogen-bond acceptors (Lipinski definition) is 4. The molecule has 2 heterocycles. The van der Waals surface area contributed by atoms with E-state index in [4.69, 9.17) is 4.74 Å². The number of fused-ring (bicyclic) bond motifs is 1. The van der Waals surface area contributed by atoms with Crippen molar-refractivity contribution < 1.29 is 14.3 Å². The van der Waals surface area contributed by atoms with E-state index in [2.05, 4.69) is 18.0 Å². The molecule has 2 aromatic carbocycles. The summed E-state index contributed by atoms with van der Waals surface area (Å²) in [5.41, 5.74) is 3.13. The molecule has 0 fully saturated rings. The number of hydrogen-bond donors (Lipinski definition) is 0. The zero-order chi connectivity index (χ0) is 23.9. The Morgan fingerprint density at radius 2 is 1.91 bits per heavy atom. The number of thiophene rings is 1. The van der Waals surface area contributed by atoms with Crippen molar-refractivity contribution in [1.82, 2.24) is 9.80 Å². The third-order valence-corrected chi connectivity index (χ3v) is 7.13. The molecule has 6 heteroatoms. The number of nitrogens with zero attached hydrogens (tertiary/aromatic N) is 2. The first kappa shape index (κ1) is 23.8. The maximum absolute atomic E-state index is 13.5. The summed E-state index contributed by atoms with van der Waals surface area (Å²) in [4.78, 5) is 31.3. The first-order valence-corrected chi connectivity index (χ1v) is 12.4. The van der Waals surface area contributed by atoms with Crippen LogP contribution in [0.25, 0.3) is 0 Å². The largest absolute Gasteiger partial charge is 0.491 e. The number of benzene rings is 2. The first-order chi connectivity index (χ1) is 16.6.